The summed E-state index contributed by atoms with van der Waals surface area (Å²) in [7, 11) is 0. The van der Waals surface area contributed by atoms with Crippen molar-refractivity contribution in [3.63, 3.8) is 0 Å². The molecule has 0 spiro atoms. The first-order chi connectivity index (χ1) is 19.1. The number of fused-ring (bicyclic) bond motifs is 2. The van der Waals surface area contributed by atoms with Gasteiger partial charge in [0.2, 0.25) is 5.91 Å². The minimum absolute atomic E-state index is 0.0823. The second kappa shape index (κ2) is 10.1. The van der Waals surface area contributed by atoms with E-state index in [4.69, 9.17) is 9.84 Å². The van der Waals surface area contributed by atoms with Gasteiger partial charge in [0.05, 0.1) is 30.8 Å². The van der Waals surface area contributed by atoms with Crippen molar-refractivity contribution >= 4 is 23.0 Å². The number of likely N-dealkylation sites (tertiary alicyclic amines) is 1. The summed E-state index contributed by atoms with van der Waals surface area (Å²) < 4.78 is 7.36. The molecule has 4 aliphatic rings. The van der Waals surface area contributed by atoms with Gasteiger partial charge in [-0.3, -0.25) is 14.5 Å². The Hall–Kier alpha value is -3.82. The molecule has 1 unspecified atom stereocenters. The van der Waals surface area contributed by atoms with Crippen LogP contribution in [-0.2, 0) is 9.53 Å². The molecule has 3 aromatic rings. The van der Waals surface area contributed by atoms with Crippen LogP contribution in [0.3, 0.4) is 0 Å². The van der Waals surface area contributed by atoms with E-state index < -0.39 is 0 Å². The molecule has 0 radical (unpaired) electrons. The highest BCUT2D eigenvalue weighted by molar-refractivity contribution is 5.94. The molecule has 0 saturated carbocycles. The molecule has 0 bridgehead atoms. The number of carbonyl (C=O) groups excluding carboxylic acids is 2. The van der Waals surface area contributed by atoms with E-state index in [1.807, 2.05) is 58.1 Å². The van der Waals surface area contributed by atoms with Gasteiger partial charge < -0.3 is 15.0 Å². The molecule has 1 aromatic carbocycles. The molecule has 2 amide bonds. The van der Waals surface area contributed by atoms with Crippen molar-refractivity contribution < 1.29 is 14.3 Å². The fraction of sp³-hybridized carbons (Fsp3) is 0.400. The number of nitrogens with one attached hydrogen (secondary N) is 1. The van der Waals surface area contributed by atoms with E-state index in [1.54, 1.807) is 0 Å². The van der Waals surface area contributed by atoms with Crippen LogP contribution in [-0.4, -0.2) is 81.6 Å². The zero-order chi connectivity index (χ0) is 26.3. The number of ether oxygens (including phenoxy) is 1. The molecule has 3 fully saturated rings. The number of benzene rings is 1. The number of allylic oxidation sites excluding steroid dienone is 4. The maximum atomic E-state index is 13.2. The number of imidazole rings is 1. The molecule has 200 valence electrons. The Labute approximate surface area is 227 Å². The molecule has 3 saturated heterocycles. The predicted octanol–water partition coefficient (Wildman–Crippen LogP) is 3.14. The lowest BCUT2D eigenvalue weighted by molar-refractivity contribution is -0.119. The first-order valence-electron chi connectivity index (χ1n) is 13.9. The largest absolute Gasteiger partial charge is 0.379 e. The third-order valence-corrected chi connectivity index (χ3v) is 8.52. The fourth-order valence-corrected chi connectivity index (χ4v) is 6.31. The Morgan fingerprint density at radius 3 is 2.54 bits per heavy atom. The van der Waals surface area contributed by atoms with Gasteiger partial charge in [-0.1, -0.05) is 18.2 Å². The number of rotatable bonds is 4. The fourth-order valence-electron chi connectivity index (χ4n) is 6.31. The van der Waals surface area contributed by atoms with Crippen LogP contribution in [0, 0.1) is 5.92 Å². The number of morpholine rings is 1. The number of aromatic nitrogens is 3. The molecule has 9 heteroatoms. The third kappa shape index (κ3) is 4.66. The van der Waals surface area contributed by atoms with Gasteiger partial charge in [0, 0.05) is 61.4 Å². The predicted molar refractivity (Wildman–Crippen MR) is 147 cm³/mol. The topological polar surface area (TPSA) is 92.1 Å². The van der Waals surface area contributed by atoms with Crippen LogP contribution in [0.1, 0.15) is 41.7 Å². The molecular weight excluding hydrogens is 492 g/mol. The lowest BCUT2D eigenvalue weighted by Gasteiger charge is -2.40. The number of hydrogen-bond acceptors (Lipinski definition) is 6. The van der Waals surface area contributed by atoms with Crippen molar-refractivity contribution in [3.8, 4) is 11.3 Å². The molecule has 1 aliphatic carbocycles. The number of hydrogen-bond donors (Lipinski definition) is 1. The minimum atomic E-state index is 0.0823. The first-order valence-corrected chi connectivity index (χ1v) is 13.9. The average molecular weight is 525 g/mol. The van der Waals surface area contributed by atoms with Crippen LogP contribution in [0.15, 0.2) is 60.4 Å². The molecule has 5 heterocycles. The van der Waals surface area contributed by atoms with Gasteiger partial charge in [-0.15, -0.1) is 0 Å². The summed E-state index contributed by atoms with van der Waals surface area (Å²) in [5, 5.41) is 7.84. The van der Waals surface area contributed by atoms with Crippen LogP contribution < -0.4 is 5.32 Å². The summed E-state index contributed by atoms with van der Waals surface area (Å²) in [6.07, 6.45) is 9.24. The molecule has 9 nitrogen and oxygen atoms in total. The highest BCUT2D eigenvalue weighted by atomic mass is 16.5. The molecule has 2 aromatic heterocycles. The lowest BCUT2D eigenvalue weighted by Crippen LogP contribution is -2.50. The Morgan fingerprint density at radius 1 is 0.949 bits per heavy atom. The van der Waals surface area contributed by atoms with E-state index in [0.717, 1.165) is 92.5 Å². The Morgan fingerprint density at radius 2 is 1.74 bits per heavy atom. The van der Waals surface area contributed by atoms with Gasteiger partial charge >= 0.3 is 0 Å². The van der Waals surface area contributed by atoms with Gasteiger partial charge in [-0.05, 0) is 55.2 Å². The molecule has 1 atom stereocenters. The monoisotopic (exact) mass is 524 g/mol. The molecule has 7 rings (SSSR count). The second-order valence-corrected chi connectivity index (χ2v) is 10.8. The summed E-state index contributed by atoms with van der Waals surface area (Å²) in [6.45, 7) is 5.20. The zero-order valence-corrected chi connectivity index (χ0v) is 21.9. The summed E-state index contributed by atoms with van der Waals surface area (Å²) in [5.74, 6) is 0.374. The SMILES string of the molecule is O=C1CC2CC(c3cnc4ccc(-c5ccc(C(=O)N6CCC(N7CCOCC7)CC6)cc5)nn34)=CC=C2N1. The van der Waals surface area contributed by atoms with Gasteiger partial charge in [0.25, 0.3) is 5.91 Å². The van der Waals surface area contributed by atoms with Gasteiger partial charge in [0.15, 0.2) is 5.65 Å². The van der Waals surface area contributed by atoms with E-state index in [9.17, 15) is 9.59 Å². The van der Waals surface area contributed by atoms with Crippen LogP contribution in [0.25, 0.3) is 22.5 Å². The van der Waals surface area contributed by atoms with Crippen molar-refractivity contribution in [2.45, 2.75) is 31.7 Å². The molecule has 1 N–H and O–H groups in total. The quantitative estimate of drug-likeness (QED) is 0.564. The molecule has 39 heavy (non-hydrogen) atoms. The van der Waals surface area contributed by atoms with Gasteiger partial charge in [-0.25, -0.2) is 9.50 Å². The Kier molecular flexibility index (Phi) is 6.25. The summed E-state index contributed by atoms with van der Waals surface area (Å²) in [5.41, 5.74) is 6.31. The van der Waals surface area contributed by atoms with E-state index >= 15 is 0 Å². The van der Waals surface area contributed by atoms with Crippen LogP contribution >= 0.6 is 0 Å². The number of amides is 2. The zero-order valence-electron chi connectivity index (χ0n) is 21.9. The lowest BCUT2D eigenvalue weighted by atomic mass is 9.90. The Bertz CT molecular complexity index is 1480. The highest BCUT2D eigenvalue weighted by Crippen LogP contribution is 2.35. The van der Waals surface area contributed by atoms with Crippen molar-refractivity contribution in [2.24, 2.45) is 5.92 Å². The smallest absolute Gasteiger partial charge is 0.253 e. The van der Waals surface area contributed by atoms with Crippen molar-refractivity contribution in [1.29, 1.82) is 0 Å². The molecule has 3 aliphatic heterocycles. The normalized spacial score (nSPS) is 22.4. The van der Waals surface area contributed by atoms with Crippen molar-refractivity contribution in [3.05, 3.63) is 71.7 Å². The number of carbonyl (C=O) groups is 2. The number of piperidine rings is 1. The van der Waals surface area contributed by atoms with Crippen LogP contribution in [0.4, 0.5) is 0 Å². The Balaban J connectivity index is 1.05. The third-order valence-electron chi connectivity index (χ3n) is 8.52. The maximum absolute atomic E-state index is 13.2. The van der Waals surface area contributed by atoms with E-state index in [1.165, 1.54) is 0 Å². The van der Waals surface area contributed by atoms with E-state index in [-0.39, 0.29) is 17.7 Å². The van der Waals surface area contributed by atoms with Gasteiger partial charge in [-0.2, -0.15) is 5.10 Å². The van der Waals surface area contributed by atoms with Crippen LogP contribution in [0.5, 0.6) is 0 Å². The maximum Gasteiger partial charge on any atom is 0.253 e. The van der Waals surface area contributed by atoms with E-state index in [2.05, 4.69) is 21.3 Å². The summed E-state index contributed by atoms with van der Waals surface area (Å²) in [6, 6.07) is 12.3. The van der Waals surface area contributed by atoms with Crippen molar-refractivity contribution in [1.82, 2.24) is 29.7 Å². The standard InChI is InChI=1S/C30H32N6O3/c37-29-18-23-17-22(5-6-25(23)32-29)27-19-31-28-8-7-26(33-36(27)28)20-1-3-21(4-2-20)30(38)35-11-9-24(10-12-35)34-13-15-39-16-14-34/h1-8,19,23-24H,9-18H2,(H,32,37). The van der Waals surface area contributed by atoms with E-state index in [0.29, 0.717) is 18.0 Å². The summed E-state index contributed by atoms with van der Waals surface area (Å²) in [4.78, 5) is 34.1. The summed E-state index contributed by atoms with van der Waals surface area (Å²) >= 11 is 0. The number of nitrogens with zero attached hydrogens (tertiary/aromatic N) is 5. The molecular formula is C30H32N6O3. The van der Waals surface area contributed by atoms with Gasteiger partial charge in [0.1, 0.15) is 0 Å². The first kappa shape index (κ1) is 24.2. The highest BCUT2D eigenvalue weighted by Gasteiger charge is 2.31. The van der Waals surface area contributed by atoms with Crippen molar-refractivity contribution in [2.75, 3.05) is 39.4 Å². The van der Waals surface area contributed by atoms with Crippen LogP contribution in [0.2, 0.25) is 0 Å². The second-order valence-electron chi connectivity index (χ2n) is 10.8. The average Bonchev–Trinajstić information content (AvgIpc) is 3.59. The minimum Gasteiger partial charge on any atom is -0.379 e.